The van der Waals surface area contributed by atoms with E-state index in [0.717, 1.165) is 0 Å². The molecule has 2 aliphatic rings. The van der Waals surface area contributed by atoms with Crippen molar-refractivity contribution in [3.05, 3.63) is 0 Å². The summed E-state index contributed by atoms with van der Waals surface area (Å²) in [5, 5.41) is 0. The van der Waals surface area contributed by atoms with E-state index in [1.807, 2.05) is 27.7 Å². The summed E-state index contributed by atoms with van der Waals surface area (Å²) in [6.45, 7) is 7.31. The third-order valence-electron chi connectivity index (χ3n) is 5.20. The van der Waals surface area contributed by atoms with Gasteiger partial charge in [-0.25, -0.2) is 0 Å². The summed E-state index contributed by atoms with van der Waals surface area (Å²) in [5.41, 5.74) is 0. The van der Waals surface area contributed by atoms with Gasteiger partial charge in [-0.05, 0) is 19.3 Å². The smallest absolute Gasteiger partial charge is 0.146 e. The van der Waals surface area contributed by atoms with Gasteiger partial charge in [-0.1, -0.05) is 27.7 Å². The van der Waals surface area contributed by atoms with E-state index in [-0.39, 0.29) is 53.2 Å². The molecule has 116 valence electrons. The Bertz CT molecular complexity index is 409. The number of rotatable bonds is 2. The Morgan fingerprint density at radius 1 is 0.619 bits per heavy atom. The third kappa shape index (κ3) is 2.85. The van der Waals surface area contributed by atoms with Gasteiger partial charge in [-0.2, -0.15) is 0 Å². The van der Waals surface area contributed by atoms with Gasteiger partial charge >= 0.3 is 0 Å². The van der Waals surface area contributed by atoms with Crippen LogP contribution in [0.5, 0.6) is 0 Å². The van der Waals surface area contributed by atoms with Gasteiger partial charge in [-0.3, -0.25) is 19.2 Å². The van der Waals surface area contributed by atoms with Crippen molar-refractivity contribution in [1.82, 2.24) is 0 Å². The fourth-order valence-electron chi connectivity index (χ4n) is 3.88. The maximum Gasteiger partial charge on any atom is 0.146 e. The Labute approximate surface area is 125 Å². The molecule has 0 aromatic carbocycles. The van der Waals surface area contributed by atoms with Gasteiger partial charge in [0.15, 0.2) is 0 Å². The van der Waals surface area contributed by atoms with Gasteiger partial charge < -0.3 is 0 Å². The van der Waals surface area contributed by atoms with Crippen molar-refractivity contribution in [2.75, 3.05) is 0 Å². The van der Waals surface area contributed by atoms with Gasteiger partial charge in [0.25, 0.3) is 0 Å². The highest BCUT2D eigenvalue weighted by Crippen LogP contribution is 2.36. The van der Waals surface area contributed by atoms with E-state index >= 15 is 0 Å². The Kier molecular flexibility index (Phi) is 4.45. The van der Waals surface area contributed by atoms with Crippen molar-refractivity contribution >= 4 is 23.1 Å². The van der Waals surface area contributed by atoms with Crippen LogP contribution in [0, 0.1) is 35.5 Å². The molecule has 2 rings (SSSR count). The molecule has 0 aromatic heterocycles. The fourth-order valence-corrected chi connectivity index (χ4v) is 3.88. The summed E-state index contributed by atoms with van der Waals surface area (Å²) in [6.07, 6.45) is 1.25. The molecular formula is C17H24O4. The molecule has 0 heterocycles. The van der Waals surface area contributed by atoms with Crippen LogP contribution in [-0.2, 0) is 19.2 Å². The Morgan fingerprint density at radius 2 is 0.857 bits per heavy atom. The molecule has 4 atom stereocenters. The molecule has 0 amide bonds. The summed E-state index contributed by atoms with van der Waals surface area (Å²) >= 11 is 0. The molecule has 0 aromatic rings. The van der Waals surface area contributed by atoms with Crippen molar-refractivity contribution in [1.29, 1.82) is 0 Å². The molecule has 4 heteroatoms. The molecule has 0 radical (unpaired) electrons. The SMILES string of the molecule is CC1CC(C)C(=O)C(CC2C(=O)C(C)CC(C)C2=O)C1=O. The zero-order valence-electron chi connectivity index (χ0n) is 13.2. The first-order valence-electron chi connectivity index (χ1n) is 7.88. The molecule has 4 nitrogen and oxygen atoms in total. The number of hydrogen-bond donors (Lipinski definition) is 0. The first kappa shape index (κ1) is 16.1. The minimum absolute atomic E-state index is 0.0930. The second kappa shape index (κ2) is 5.82. The zero-order valence-corrected chi connectivity index (χ0v) is 13.2. The predicted octanol–water partition coefficient (Wildman–Crippen LogP) is 2.24. The van der Waals surface area contributed by atoms with Crippen LogP contribution in [0.25, 0.3) is 0 Å². The van der Waals surface area contributed by atoms with Crippen molar-refractivity contribution in [3.8, 4) is 0 Å². The van der Waals surface area contributed by atoms with Crippen LogP contribution in [0.3, 0.4) is 0 Å². The van der Waals surface area contributed by atoms with Crippen LogP contribution in [0.1, 0.15) is 47.0 Å². The number of Topliss-reactive ketones (excluding diaryl/α,β-unsaturated/α-hetero) is 4. The molecule has 0 N–H and O–H groups in total. The minimum Gasteiger partial charge on any atom is -0.299 e. The number of carbonyl (C=O) groups excluding carboxylic acids is 4. The first-order valence-corrected chi connectivity index (χ1v) is 7.88. The van der Waals surface area contributed by atoms with E-state index in [9.17, 15) is 19.2 Å². The van der Waals surface area contributed by atoms with Gasteiger partial charge in [0.1, 0.15) is 23.1 Å². The molecule has 4 unspecified atom stereocenters. The summed E-state index contributed by atoms with van der Waals surface area (Å²) in [6, 6.07) is 0. The Morgan fingerprint density at radius 3 is 1.10 bits per heavy atom. The standard InChI is InChI=1S/C17H24O4/c1-8-5-9(2)15(19)12(14(8)18)7-13-16(20)10(3)6-11(4)17(13)21/h8-13H,5-7H2,1-4H3. The molecule has 2 aliphatic carbocycles. The monoisotopic (exact) mass is 292 g/mol. The van der Waals surface area contributed by atoms with Gasteiger partial charge in [-0.15, -0.1) is 0 Å². The molecule has 2 saturated carbocycles. The highest BCUT2D eigenvalue weighted by Gasteiger charge is 2.45. The van der Waals surface area contributed by atoms with Crippen LogP contribution in [0.2, 0.25) is 0 Å². The maximum atomic E-state index is 12.3. The second-order valence-electron chi connectivity index (χ2n) is 7.03. The summed E-state index contributed by atoms with van der Waals surface area (Å²) in [5.74, 6) is -2.54. The van der Waals surface area contributed by atoms with Crippen LogP contribution >= 0.6 is 0 Å². The molecule has 0 bridgehead atoms. The maximum absolute atomic E-state index is 12.3. The number of ketones is 4. The van der Waals surface area contributed by atoms with E-state index < -0.39 is 11.8 Å². The normalized spacial score (nSPS) is 41.5. The van der Waals surface area contributed by atoms with Crippen molar-refractivity contribution in [2.45, 2.75) is 47.0 Å². The molecule has 0 aliphatic heterocycles. The van der Waals surface area contributed by atoms with Crippen LogP contribution in [-0.4, -0.2) is 23.1 Å². The molecule has 0 saturated heterocycles. The number of carbonyl (C=O) groups is 4. The molecule has 21 heavy (non-hydrogen) atoms. The largest absolute Gasteiger partial charge is 0.299 e. The molecular weight excluding hydrogens is 268 g/mol. The van der Waals surface area contributed by atoms with Gasteiger partial charge in [0.2, 0.25) is 0 Å². The van der Waals surface area contributed by atoms with Crippen LogP contribution in [0.15, 0.2) is 0 Å². The van der Waals surface area contributed by atoms with Crippen LogP contribution in [0.4, 0.5) is 0 Å². The van der Waals surface area contributed by atoms with E-state index in [1.165, 1.54) is 0 Å². The van der Waals surface area contributed by atoms with E-state index in [0.29, 0.717) is 12.8 Å². The summed E-state index contributed by atoms with van der Waals surface area (Å²) in [4.78, 5) is 49.2. The lowest BCUT2D eigenvalue weighted by molar-refractivity contribution is -0.146. The molecule has 2 fully saturated rings. The lowest BCUT2D eigenvalue weighted by Gasteiger charge is -2.34. The van der Waals surface area contributed by atoms with Crippen molar-refractivity contribution in [3.63, 3.8) is 0 Å². The van der Waals surface area contributed by atoms with E-state index in [4.69, 9.17) is 0 Å². The van der Waals surface area contributed by atoms with E-state index in [1.54, 1.807) is 0 Å². The Balaban J connectivity index is 2.22. The topological polar surface area (TPSA) is 68.3 Å². The van der Waals surface area contributed by atoms with Gasteiger partial charge in [0, 0.05) is 23.7 Å². The average molecular weight is 292 g/mol. The van der Waals surface area contributed by atoms with Crippen molar-refractivity contribution < 1.29 is 19.2 Å². The van der Waals surface area contributed by atoms with Gasteiger partial charge in [0.05, 0.1) is 11.8 Å². The quantitative estimate of drug-likeness (QED) is 0.732. The highest BCUT2D eigenvalue weighted by molar-refractivity contribution is 6.10. The summed E-state index contributed by atoms with van der Waals surface area (Å²) < 4.78 is 0. The highest BCUT2D eigenvalue weighted by atomic mass is 16.2. The zero-order chi connectivity index (χ0) is 15.9. The number of hydrogen-bond acceptors (Lipinski definition) is 4. The minimum atomic E-state index is -0.765. The third-order valence-corrected chi connectivity index (χ3v) is 5.20. The fraction of sp³-hybridized carbons (Fsp3) is 0.765. The summed E-state index contributed by atoms with van der Waals surface area (Å²) in [7, 11) is 0. The first-order chi connectivity index (χ1) is 9.73. The van der Waals surface area contributed by atoms with Crippen LogP contribution < -0.4 is 0 Å². The second-order valence-corrected chi connectivity index (χ2v) is 7.03. The lowest BCUT2D eigenvalue weighted by Crippen LogP contribution is -2.45. The average Bonchev–Trinajstić information content (AvgIpc) is 2.42. The van der Waals surface area contributed by atoms with Crippen molar-refractivity contribution in [2.24, 2.45) is 35.5 Å². The lowest BCUT2D eigenvalue weighted by atomic mass is 9.66. The Hall–Kier alpha value is -1.32. The molecule has 0 spiro atoms. The predicted molar refractivity (Wildman–Crippen MR) is 77.5 cm³/mol. The van der Waals surface area contributed by atoms with E-state index in [2.05, 4.69) is 0 Å².